The number of hydrogen-bond acceptors (Lipinski definition) is 6. The minimum atomic E-state index is -0.135. The monoisotopic (exact) mass is 403 g/mol. The number of benzene rings is 1. The quantitative estimate of drug-likeness (QED) is 0.623. The number of nitrogens with one attached hydrogen (secondary N) is 4. The van der Waals surface area contributed by atoms with Gasteiger partial charge in [-0.15, -0.1) is 11.8 Å². The van der Waals surface area contributed by atoms with Gasteiger partial charge in [-0.25, -0.2) is 5.43 Å². The first-order valence-corrected chi connectivity index (χ1v) is 10.4. The van der Waals surface area contributed by atoms with Gasteiger partial charge >= 0.3 is 0 Å². The molecule has 4 N–H and O–H groups in total. The van der Waals surface area contributed by atoms with Crippen molar-refractivity contribution in [2.24, 2.45) is 5.92 Å². The van der Waals surface area contributed by atoms with E-state index in [1.54, 1.807) is 11.8 Å². The molecule has 8 nitrogen and oxygen atoms in total. The number of carbonyl (C=O) groups is 1. The number of anilines is 1. The highest BCUT2D eigenvalue weighted by atomic mass is 32.2. The highest BCUT2D eigenvalue weighted by Crippen LogP contribution is 2.46. The molecule has 150 valence electrons. The van der Waals surface area contributed by atoms with E-state index in [1.165, 1.54) is 11.8 Å². The number of H-pyrrole nitrogens is 1. The van der Waals surface area contributed by atoms with Crippen LogP contribution in [0.2, 0.25) is 0 Å². The third kappa shape index (κ3) is 3.34. The normalized spacial score (nSPS) is 24.7. The summed E-state index contributed by atoms with van der Waals surface area (Å²) in [5.74, 6) is 1.75. The van der Waals surface area contributed by atoms with E-state index in [0.717, 1.165) is 11.3 Å². The summed E-state index contributed by atoms with van der Waals surface area (Å²) < 4.78 is 7.01. The van der Waals surface area contributed by atoms with Crippen LogP contribution in [0.15, 0.2) is 29.1 Å². The Morgan fingerprint density at radius 3 is 2.64 bits per heavy atom. The first-order valence-electron chi connectivity index (χ1n) is 9.37. The van der Waals surface area contributed by atoms with Gasteiger partial charge in [0, 0.05) is 23.8 Å². The molecule has 0 radical (unpaired) electrons. The van der Waals surface area contributed by atoms with E-state index in [1.807, 2.05) is 38.1 Å². The van der Waals surface area contributed by atoms with Gasteiger partial charge in [-0.1, -0.05) is 12.1 Å². The van der Waals surface area contributed by atoms with Crippen LogP contribution in [0, 0.1) is 5.92 Å². The molecule has 1 saturated heterocycles. The second-order valence-electron chi connectivity index (χ2n) is 7.39. The Labute approximate surface area is 167 Å². The Bertz CT molecular complexity index is 921. The summed E-state index contributed by atoms with van der Waals surface area (Å²) in [5, 5.41) is 5.71. The first-order chi connectivity index (χ1) is 13.5. The van der Waals surface area contributed by atoms with Gasteiger partial charge in [-0.2, -0.15) is 0 Å². The highest BCUT2D eigenvalue weighted by Gasteiger charge is 2.41. The molecular weight excluding hydrogens is 378 g/mol. The van der Waals surface area contributed by atoms with Crippen molar-refractivity contribution in [3.8, 4) is 5.75 Å². The minimum Gasteiger partial charge on any atom is -0.497 e. The standard InChI is InChI=1S/C19H25N5O3S/c1-10(2)24-18-15(19(26)23-24)17(28-9-14(25)21-18)13-8-20-22-16(13)11-4-6-12(27-3)7-5-11/h4-7,10,13,16-17,20,22H,8-9H2,1-3H3,(H,21,25)(H,23,26). The molecule has 3 atom stereocenters. The predicted molar refractivity (Wildman–Crippen MR) is 110 cm³/mol. The number of fused-ring (bicyclic) bond motifs is 1. The first kappa shape index (κ1) is 19.1. The average molecular weight is 404 g/mol. The van der Waals surface area contributed by atoms with Gasteiger partial charge in [0.25, 0.3) is 5.56 Å². The van der Waals surface area contributed by atoms with Crippen molar-refractivity contribution < 1.29 is 9.53 Å². The van der Waals surface area contributed by atoms with Crippen LogP contribution in [0.4, 0.5) is 5.82 Å². The Morgan fingerprint density at radius 2 is 1.96 bits per heavy atom. The maximum absolute atomic E-state index is 12.8. The number of thioether (sulfide) groups is 1. The fraction of sp³-hybridized carbons (Fsp3) is 0.474. The molecule has 0 bridgehead atoms. The summed E-state index contributed by atoms with van der Waals surface area (Å²) in [6.45, 7) is 4.66. The van der Waals surface area contributed by atoms with E-state index in [-0.39, 0.29) is 34.7 Å². The second-order valence-corrected chi connectivity index (χ2v) is 8.52. The van der Waals surface area contributed by atoms with Gasteiger partial charge in [0.15, 0.2) is 0 Å². The topological polar surface area (TPSA) is 100 Å². The predicted octanol–water partition coefficient (Wildman–Crippen LogP) is 1.96. The van der Waals surface area contributed by atoms with Crippen LogP contribution in [0.3, 0.4) is 0 Å². The van der Waals surface area contributed by atoms with Crippen molar-refractivity contribution in [3.63, 3.8) is 0 Å². The number of hydrazine groups is 1. The molecular formula is C19H25N5O3S. The van der Waals surface area contributed by atoms with Gasteiger partial charge < -0.3 is 10.1 Å². The Kier molecular flexibility index (Phi) is 5.22. The number of methoxy groups -OCH3 is 1. The van der Waals surface area contributed by atoms with Crippen molar-refractivity contribution in [3.05, 3.63) is 45.7 Å². The Balaban J connectivity index is 1.73. The van der Waals surface area contributed by atoms with E-state index in [2.05, 4.69) is 21.3 Å². The van der Waals surface area contributed by atoms with Gasteiger partial charge in [-0.3, -0.25) is 24.8 Å². The molecule has 9 heteroatoms. The van der Waals surface area contributed by atoms with Crippen LogP contribution < -0.4 is 26.5 Å². The van der Waals surface area contributed by atoms with E-state index < -0.39 is 0 Å². The van der Waals surface area contributed by atoms with Crippen LogP contribution in [-0.2, 0) is 4.79 Å². The number of carbonyl (C=O) groups excluding carboxylic acids is 1. The lowest BCUT2D eigenvalue weighted by Gasteiger charge is -2.26. The maximum Gasteiger partial charge on any atom is 0.270 e. The molecule has 1 amide bonds. The molecule has 1 aromatic carbocycles. The summed E-state index contributed by atoms with van der Waals surface area (Å²) in [5.41, 5.74) is 8.21. The number of amides is 1. The van der Waals surface area contributed by atoms with Crippen molar-refractivity contribution in [2.45, 2.75) is 31.2 Å². The van der Waals surface area contributed by atoms with Crippen LogP contribution in [-0.4, -0.2) is 35.1 Å². The van der Waals surface area contributed by atoms with Gasteiger partial charge in [0.2, 0.25) is 5.91 Å². The molecule has 0 aliphatic carbocycles. The van der Waals surface area contributed by atoms with Gasteiger partial charge in [0.05, 0.1) is 24.5 Å². The second kappa shape index (κ2) is 7.65. The lowest BCUT2D eigenvalue weighted by Crippen LogP contribution is -2.26. The molecule has 3 heterocycles. The van der Waals surface area contributed by atoms with E-state index in [4.69, 9.17) is 4.74 Å². The lowest BCUT2D eigenvalue weighted by atomic mass is 9.89. The highest BCUT2D eigenvalue weighted by molar-refractivity contribution is 8.00. The third-order valence-electron chi connectivity index (χ3n) is 5.30. The molecule has 2 aliphatic heterocycles. The van der Waals surface area contributed by atoms with Crippen LogP contribution in [0.1, 0.15) is 42.3 Å². The largest absolute Gasteiger partial charge is 0.497 e. The fourth-order valence-corrected chi connectivity index (χ4v) is 5.22. The van der Waals surface area contributed by atoms with Gasteiger partial charge in [0.1, 0.15) is 11.6 Å². The zero-order valence-corrected chi connectivity index (χ0v) is 16.9. The number of nitrogens with zero attached hydrogens (tertiary/aromatic N) is 1. The molecule has 3 unspecified atom stereocenters. The molecule has 1 fully saturated rings. The van der Waals surface area contributed by atoms with Crippen LogP contribution in [0.25, 0.3) is 0 Å². The molecule has 2 aromatic rings. The zero-order chi connectivity index (χ0) is 19.8. The van der Waals surface area contributed by atoms with Crippen molar-refractivity contribution in [2.75, 3.05) is 24.7 Å². The number of ether oxygens (including phenoxy) is 1. The summed E-state index contributed by atoms with van der Waals surface area (Å²) >= 11 is 1.53. The lowest BCUT2D eigenvalue weighted by molar-refractivity contribution is -0.113. The number of rotatable bonds is 4. The molecule has 1 aromatic heterocycles. The average Bonchev–Trinajstić information content (AvgIpc) is 3.24. The van der Waals surface area contributed by atoms with Crippen molar-refractivity contribution in [1.29, 1.82) is 0 Å². The number of aromatic nitrogens is 2. The smallest absolute Gasteiger partial charge is 0.270 e. The minimum absolute atomic E-state index is 0.0197. The van der Waals surface area contributed by atoms with Crippen molar-refractivity contribution in [1.82, 2.24) is 20.6 Å². The maximum atomic E-state index is 12.8. The summed E-state index contributed by atoms with van der Waals surface area (Å²) in [4.78, 5) is 25.2. The van der Waals surface area contributed by atoms with Crippen LogP contribution >= 0.6 is 11.8 Å². The van der Waals surface area contributed by atoms with E-state index >= 15 is 0 Å². The molecule has 28 heavy (non-hydrogen) atoms. The summed E-state index contributed by atoms with van der Waals surface area (Å²) in [6.07, 6.45) is 0. The molecule has 0 spiro atoms. The van der Waals surface area contributed by atoms with Crippen molar-refractivity contribution >= 4 is 23.5 Å². The Hall–Kier alpha value is -2.23. The zero-order valence-electron chi connectivity index (χ0n) is 16.1. The Morgan fingerprint density at radius 1 is 1.21 bits per heavy atom. The molecule has 2 aliphatic rings. The van der Waals surface area contributed by atoms with Gasteiger partial charge in [-0.05, 0) is 31.5 Å². The van der Waals surface area contributed by atoms with E-state index in [0.29, 0.717) is 23.7 Å². The number of hydrogen-bond donors (Lipinski definition) is 4. The molecule has 4 rings (SSSR count). The SMILES string of the molecule is COc1ccc(C2NNCC2C2SCC(=O)Nc3c2c(=O)[nH]n3C(C)C)cc1. The third-order valence-corrected chi connectivity index (χ3v) is 6.68. The summed E-state index contributed by atoms with van der Waals surface area (Å²) in [7, 11) is 1.65. The fourth-order valence-electron chi connectivity index (χ4n) is 3.93. The summed E-state index contributed by atoms with van der Waals surface area (Å²) in [6, 6.07) is 8.00. The number of aromatic amines is 1. The molecule has 0 saturated carbocycles. The van der Waals surface area contributed by atoms with Crippen LogP contribution in [0.5, 0.6) is 5.75 Å². The van der Waals surface area contributed by atoms with E-state index in [9.17, 15) is 9.59 Å².